The van der Waals surface area contributed by atoms with E-state index >= 15 is 0 Å². The van der Waals surface area contributed by atoms with E-state index in [0.717, 1.165) is 18.0 Å². The molecule has 112 valence electrons. The molecule has 1 N–H and O–H groups in total. The van der Waals surface area contributed by atoms with Crippen LogP contribution >= 0.6 is 22.9 Å². The molecule has 1 atom stereocenters. The van der Waals surface area contributed by atoms with Crippen LogP contribution in [0.1, 0.15) is 31.3 Å². The van der Waals surface area contributed by atoms with Crippen molar-refractivity contribution in [2.45, 2.75) is 26.3 Å². The van der Waals surface area contributed by atoms with Crippen LogP contribution in [0.15, 0.2) is 18.2 Å². The minimum absolute atomic E-state index is 0.0561. The number of nitrogens with one attached hydrogen (secondary N) is 1. The van der Waals surface area contributed by atoms with Crippen molar-refractivity contribution in [3.8, 4) is 10.6 Å². The second kappa shape index (κ2) is 6.93. The summed E-state index contributed by atoms with van der Waals surface area (Å²) in [5.74, 6) is 0. The first kappa shape index (κ1) is 15.8. The maximum absolute atomic E-state index is 11.1. The Morgan fingerprint density at radius 1 is 1.48 bits per heavy atom. The van der Waals surface area contributed by atoms with Gasteiger partial charge in [-0.3, -0.25) is 10.1 Å². The molecule has 0 radical (unpaired) electrons. The Bertz CT molecular complexity index is 647. The van der Waals surface area contributed by atoms with Crippen molar-refractivity contribution in [1.29, 1.82) is 0 Å². The lowest BCUT2D eigenvalue weighted by atomic mass is 10.2. The normalized spacial score (nSPS) is 12.3. The Kier molecular flexibility index (Phi) is 5.22. The first-order valence-corrected chi connectivity index (χ1v) is 7.73. The van der Waals surface area contributed by atoms with Gasteiger partial charge in [0.05, 0.1) is 16.5 Å². The fraction of sp³-hybridized carbons (Fsp3) is 0.385. The SMILES string of the molecule is CCCNC(C)c1nnc(-c2ccc(Cl)cc2[N+](=O)[O-])s1. The number of benzene rings is 1. The summed E-state index contributed by atoms with van der Waals surface area (Å²) in [6, 6.07) is 4.62. The Morgan fingerprint density at radius 2 is 2.24 bits per heavy atom. The second-order valence-corrected chi connectivity index (χ2v) is 5.99. The highest BCUT2D eigenvalue weighted by Crippen LogP contribution is 2.34. The van der Waals surface area contributed by atoms with E-state index < -0.39 is 4.92 Å². The molecule has 8 heteroatoms. The molecule has 0 bridgehead atoms. The molecule has 1 unspecified atom stereocenters. The van der Waals surface area contributed by atoms with Crippen molar-refractivity contribution < 1.29 is 4.92 Å². The summed E-state index contributed by atoms with van der Waals surface area (Å²) in [4.78, 5) is 10.7. The number of nitro groups is 1. The topological polar surface area (TPSA) is 81.0 Å². The first-order valence-electron chi connectivity index (χ1n) is 6.54. The standard InChI is InChI=1S/C13H15ClN4O2S/c1-3-6-15-8(2)12-16-17-13(21-12)10-5-4-9(14)7-11(10)18(19)20/h4-5,7-8,15H,3,6H2,1-2H3. The Labute approximate surface area is 131 Å². The van der Waals surface area contributed by atoms with Crippen LogP contribution in [0.4, 0.5) is 5.69 Å². The molecular weight excluding hydrogens is 312 g/mol. The van der Waals surface area contributed by atoms with Gasteiger partial charge in [0.1, 0.15) is 5.01 Å². The lowest BCUT2D eigenvalue weighted by Gasteiger charge is -2.08. The molecule has 21 heavy (non-hydrogen) atoms. The predicted molar refractivity (Wildman–Crippen MR) is 83.7 cm³/mol. The Balaban J connectivity index is 2.31. The van der Waals surface area contributed by atoms with Crippen LogP contribution < -0.4 is 5.32 Å². The summed E-state index contributed by atoms with van der Waals surface area (Å²) in [6.45, 7) is 4.97. The van der Waals surface area contributed by atoms with E-state index in [4.69, 9.17) is 11.6 Å². The highest BCUT2D eigenvalue weighted by Gasteiger charge is 2.20. The van der Waals surface area contributed by atoms with Gasteiger partial charge in [0, 0.05) is 11.1 Å². The van der Waals surface area contributed by atoms with Gasteiger partial charge >= 0.3 is 0 Å². The number of rotatable bonds is 6. The maximum Gasteiger partial charge on any atom is 0.281 e. The fourth-order valence-corrected chi connectivity index (χ4v) is 2.87. The molecule has 0 saturated carbocycles. The van der Waals surface area contributed by atoms with E-state index in [1.54, 1.807) is 12.1 Å². The molecular formula is C13H15ClN4O2S. The quantitative estimate of drug-likeness (QED) is 0.644. The molecule has 2 aromatic rings. The Hall–Kier alpha value is -1.57. The molecule has 0 spiro atoms. The fourth-order valence-electron chi connectivity index (χ4n) is 1.80. The summed E-state index contributed by atoms with van der Waals surface area (Å²) in [5.41, 5.74) is 0.384. The number of aromatic nitrogens is 2. The number of nitrogens with zero attached hydrogens (tertiary/aromatic N) is 3. The average molecular weight is 327 g/mol. The van der Waals surface area contributed by atoms with E-state index in [-0.39, 0.29) is 11.7 Å². The second-order valence-electron chi connectivity index (χ2n) is 4.54. The lowest BCUT2D eigenvalue weighted by molar-refractivity contribution is -0.384. The molecule has 0 aliphatic heterocycles. The first-order chi connectivity index (χ1) is 10.0. The van der Waals surface area contributed by atoms with Gasteiger partial charge < -0.3 is 5.32 Å². The van der Waals surface area contributed by atoms with E-state index in [1.807, 2.05) is 6.92 Å². The number of hydrogen-bond donors (Lipinski definition) is 1. The van der Waals surface area contributed by atoms with Crippen LogP contribution in [0.25, 0.3) is 10.6 Å². The van der Waals surface area contributed by atoms with Crippen LogP contribution in [-0.4, -0.2) is 21.7 Å². The summed E-state index contributed by atoms with van der Waals surface area (Å²) >= 11 is 7.16. The lowest BCUT2D eigenvalue weighted by Crippen LogP contribution is -2.18. The smallest absolute Gasteiger partial charge is 0.281 e. The summed E-state index contributed by atoms with van der Waals surface area (Å²) in [5, 5.41) is 24.3. The van der Waals surface area contributed by atoms with Crippen LogP contribution in [0.2, 0.25) is 5.02 Å². The highest BCUT2D eigenvalue weighted by atomic mass is 35.5. The summed E-state index contributed by atoms with van der Waals surface area (Å²) in [7, 11) is 0. The Morgan fingerprint density at radius 3 is 2.90 bits per heavy atom. The summed E-state index contributed by atoms with van der Waals surface area (Å²) < 4.78 is 0. The molecule has 0 saturated heterocycles. The van der Waals surface area contributed by atoms with Gasteiger partial charge in [-0.1, -0.05) is 29.9 Å². The van der Waals surface area contributed by atoms with Crippen molar-refractivity contribution >= 4 is 28.6 Å². The van der Waals surface area contributed by atoms with Gasteiger partial charge in [-0.15, -0.1) is 10.2 Å². The van der Waals surface area contributed by atoms with E-state index in [9.17, 15) is 10.1 Å². The van der Waals surface area contributed by atoms with Gasteiger partial charge in [0.25, 0.3) is 5.69 Å². The third-order valence-corrected chi connectivity index (χ3v) is 4.27. The molecule has 0 fully saturated rings. The predicted octanol–water partition coefficient (Wildman–Crippen LogP) is 3.83. The van der Waals surface area contributed by atoms with Crippen LogP contribution in [-0.2, 0) is 0 Å². The molecule has 0 aliphatic rings. The minimum atomic E-state index is -0.457. The minimum Gasteiger partial charge on any atom is -0.308 e. The zero-order valence-corrected chi connectivity index (χ0v) is 13.2. The van der Waals surface area contributed by atoms with Crippen LogP contribution in [0, 0.1) is 10.1 Å². The molecule has 1 aromatic heterocycles. The van der Waals surface area contributed by atoms with Crippen LogP contribution in [0.5, 0.6) is 0 Å². The van der Waals surface area contributed by atoms with Gasteiger partial charge in [0.2, 0.25) is 0 Å². The molecule has 1 heterocycles. The van der Waals surface area contributed by atoms with Crippen LogP contribution in [0.3, 0.4) is 0 Å². The molecule has 0 aliphatic carbocycles. The zero-order chi connectivity index (χ0) is 15.4. The van der Waals surface area contributed by atoms with E-state index in [0.29, 0.717) is 15.6 Å². The number of nitro benzene ring substituents is 1. The van der Waals surface area contributed by atoms with Gasteiger partial charge in [-0.2, -0.15) is 0 Å². The van der Waals surface area contributed by atoms with E-state index in [2.05, 4.69) is 22.4 Å². The maximum atomic E-state index is 11.1. The average Bonchev–Trinajstić information content (AvgIpc) is 2.94. The molecule has 1 aromatic carbocycles. The highest BCUT2D eigenvalue weighted by molar-refractivity contribution is 7.14. The summed E-state index contributed by atoms with van der Waals surface area (Å²) in [6.07, 6.45) is 1.03. The molecule has 6 nitrogen and oxygen atoms in total. The van der Waals surface area contributed by atoms with Crippen molar-refractivity contribution in [3.05, 3.63) is 38.3 Å². The van der Waals surface area contributed by atoms with Crippen molar-refractivity contribution in [2.75, 3.05) is 6.54 Å². The van der Waals surface area contributed by atoms with Crippen molar-refractivity contribution in [1.82, 2.24) is 15.5 Å². The molecule has 2 rings (SSSR count). The largest absolute Gasteiger partial charge is 0.308 e. The zero-order valence-electron chi connectivity index (χ0n) is 11.7. The van der Waals surface area contributed by atoms with Crippen molar-refractivity contribution in [3.63, 3.8) is 0 Å². The number of hydrogen-bond acceptors (Lipinski definition) is 6. The van der Waals surface area contributed by atoms with Crippen molar-refractivity contribution in [2.24, 2.45) is 0 Å². The van der Waals surface area contributed by atoms with Gasteiger partial charge in [0.15, 0.2) is 5.01 Å². The monoisotopic (exact) mass is 326 g/mol. The third kappa shape index (κ3) is 3.75. The van der Waals surface area contributed by atoms with Gasteiger partial charge in [-0.05, 0) is 32.0 Å². The molecule has 0 amide bonds. The van der Waals surface area contributed by atoms with Gasteiger partial charge in [-0.25, -0.2) is 0 Å². The number of halogens is 1. The van der Waals surface area contributed by atoms with E-state index in [1.165, 1.54) is 17.4 Å². The third-order valence-electron chi connectivity index (χ3n) is 2.90.